The van der Waals surface area contributed by atoms with Gasteiger partial charge in [0.1, 0.15) is 0 Å². The van der Waals surface area contributed by atoms with Crippen molar-refractivity contribution in [3.8, 4) is 0 Å². The van der Waals surface area contributed by atoms with Crippen LogP contribution in [0.2, 0.25) is 0 Å². The molecule has 678 valence electrons. The highest BCUT2D eigenvalue weighted by molar-refractivity contribution is 7.02. The van der Waals surface area contributed by atoms with Gasteiger partial charge in [-0.05, 0) is 414 Å². The third kappa shape index (κ3) is 10.6. The second-order valence-electron chi connectivity index (χ2n) is 46.6. The molecule has 0 aromatic heterocycles. The average molecular weight is 1800 g/mol. The minimum Gasteiger partial charge on any atom is -0.311 e. The summed E-state index contributed by atoms with van der Waals surface area (Å²) in [5.74, 6) is 10.5. The first-order valence-corrected chi connectivity index (χ1v) is 53.8. The highest BCUT2D eigenvalue weighted by atomic mass is 15.2. The van der Waals surface area contributed by atoms with Gasteiger partial charge < -0.3 is 29.4 Å². The lowest BCUT2D eigenvalue weighted by molar-refractivity contribution is -0.0419. The summed E-state index contributed by atoms with van der Waals surface area (Å²) in [6.45, 7) is 16.6. The molecule has 9 aliphatic heterocycles. The van der Waals surface area contributed by atoms with Gasteiger partial charge >= 0.3 is 0 Å². The number of nitrogens with zero attached hydrogens (tertiary/aromatic N) is 6. The summed E-state index contributed by atoms with van der Waals surface area (Å²) < 4.78 is 0. The standard InChI is InChI=1S/C44H41BN2.2C43H39BN2/c1-26(2)30-18-19-39-36(25-30)45-35-13-8-12-34-43(35)47(41-17-9-16-40(42(41)45)46(39)37-14-6-4-10-27(37)3)38-15-7-5-11-33(38)44(34)31-21-28-20-29(23-31)24-32(44)22-28;1-3-27-18-19-34-40(25-27)45(36-14-6-4-10-26(36)2)38-16-9-17-39-41(38)44(34)35-13-8-12-33-42(35)46(39)37-15-7-5-11-32(37)43(33)30-21-28-20-29(23-30)24-31(43)22-28;1-3-27-18-19-38-35(25-27)44-34-13-8-12-33-42(34)46(40-17-9-16-39(41(40)44)45(38)36-14-6-4-10-26(36)2)37-15-7-5-11-32(37)43(33)30-21-28-20-29(23-30)24-31(43)22-28/h4-19,25-26,28-29,31-32H,20-24H2,1-3H3;2*4-19,25,28-31H,3,20-24H2,1-2H3. The number of para-hydroxylation sites is 9. The van der Waals surface area contributed by atoms with E-state index in [-0.39, 0.29) is 36.4 Å². The lowest BCUT2D eigenvalue weighted by Crippen LogP contribution is -2.64. The molecule has 15 aromatic rings. The molecule has 12 bridgehead atoms. The van der Waals surface area contributed by atoms with Crippen LogP contribution in [0.25, 0.3) is 0 Å². The Morgan fingerprint density at radius 2 is 0.504 bits per heavy atom. The predicted molar refractivity (Wildman–Crippen MR) is 582 cm³/mol. The van der Waals surface area contributed by atoms with Crippen LogP contribution in [-0.4, -0.2) is 20.1 Å². The molecule has 0 atom stereocenters. The summed E-state index contributed by atoms with van der Waals surface area (Å²) >= 11 is 0. The van der Waals surface area contributed by atoms with Crippen molar-refractivity contribution < 1.29 is 0 Å². The number of anilines is 18. The van der Waals surface area contributed by atoms with Gasteiger partial charge in [-0.2, -0.15) is 0 Å². The number of rotatable bonds is 6. The fourth-order valence-corrected chi connectivity index (χ4v) is 35.8. The molecule has 0 saturated heterocycles. The van der Waals surface area contributed by atoms with Crippen LogP contribution < -0.4 is 78.6 Å². The van der Waals surface area contributed by atoms with Crippen LogP contribution in [0.5, 0.6) is 0 Å². The third-order valence-corrected chi connectivity index (χ3v) is 40.1. The minimum absolute atomic E-state index is 0.117. The molecule has 15 aromatic carbocycles. The van der Waals surface area contributed by atoms with Gasteiger partial charge in [-0.1, -0.05) is 246 Å². The first kappa shape index (κ1) is 81.2. The Labute approximate surface area is 822 Å². The van der Waals surface area contributed by atoms with Crippen LogP contribution in [-0.2, 0) is 29.1 Å². The zero-order chi connectivity index (χ0) is 91.8. The van der Waals surface area contributed by atoms with Gasteiger partial charge in [0.25, 0.3) is 20.1 Å². The largest absolute Gasteiger partial charge is 0.311 e. The highest BCUT2D eigenvalue weighted by Crippen LogP contribution is 2.74. The molecular weight excluding hydrogens is 1680 g/mol. The van der Waals surface area contributed by atoms with Gasteiger partial charge in [-0.15, -0.1) is 0 Å². The molecule has 139 heavy (non-hydrogen) atoms. The Hall–Kier alpha value is -12.7. The fraction of sp³-hybridized carbons (Fsp3) is 0.308. The van der Waals surface area contributed by atoms with E-state index >= 15 is 0 Å². The van der Waals surface area contributed by atoms with Crippen molar-refractivity contribution in [2.45, 2.75) is 180 Å². The fourth-order valence-electron chi connectivity index (χ4n) is 35.8. The maximum atomic E-state index is 2.71. The lowest BCUT2D eigenvalue weighted by atomic mass is 9.32. The van der Waals surface area contributed by atoms with Crippen LogP contribution in [0, 0.1) is 91.8 Å². The topological polar surface area (TPSA) is 19.4 Å². The Bertz CT molecular complexity index is 7720. The Kier molecular flexibility index (Phi) is 17.2. The molecule has 0 radical (unpaired) electrons. The molecular formula is C130H119B3N6. The van der Waals surface area contributed by atoms with Gasteiger partial charge in [0.05, 0.1) is 17.1 Å². The molecule has 0 N–H and O–H groups in total. The number of aryl methyl sites for hydroxylation is 5. The molecule has 3 spiro atoms. The van der Waals surface area contributed by atoms with E-state index < -0.39 is 0 Å². The van der Waals surface area contributed by atoms with E-state index in [0.29, 0.717) is 5.92 Å². The molecule has 0 amide bonds. The van der Waals surface area contributed by atoms with Crippen molar-refractivity contribution in [2.75, 3.05) is 29.4 Å². The molecule has 9 heterocycles. The normalized spacial score (nSPS) is 26.9. The van der Waals surface area contributed by atoms with E-state index in [4.69, 9.17) is 0 Å². The molecule has 12 saturated carbocycles. The summed E-state index contributed by atoms with van der Waals surface area (Å²) in [5.41, 5.74) is 56.0. The van der Waals surface area contributed by atoms with Crippen molar-refractivity contribution in [1.82, 2.24) is 0 Å². The molecule has 12 aliphatic carbocycles. The second-order valence-corrected chi connectivity index (χ2v) is 46.6. The van der Waals surface area contributed by atoms with Crippen molar-refractivity contribution in [2.24, 2.45) is 71.0 Å². The zero-order valence-electron chi connectivity index (χ0n) is 81.4. The Morgan fingerprint density at radius 1 is 0.230 bits per heavy atom. The number of fused-ring (bicyclic) bond motifs is 18. The number of benzene rings is 15. The van der Waals surface area contributed by atoms with Crippen molar-refractivity contribution in [1.29, 1.82) is 0 Å². The predicted octanol–water partition coefficient (Wildman–Crippen LogP) is 26.6. The molecule has 9 heteroatoms. The van der Waals surface area contributed by atoms with Gasteiger partial charge in [0.15, 0.2) is 0 Å². The maximum absolute atomic E-state index is 2.71. The second kappa shape index (κ2) is 29.5. The Morgan fingerprint density at radius 3 is 0.849 bits per heavy atom. The zero-order valence-corrected chi connectivity index (χ0v) is 81.4. The van der Waals surface area contributed by atoms with E-state index in [1.807, 2.05) is 0 Å². The van der Waals surface area contributed by atoms with Crippen molar-refractivity contribution in [3.63, 3.8) is 0 Å². The summed E-state index contributed by atoms with van der Waals surface area (Å²) in [6.07, 6.45) is 23.4. The van der Waals surface area contributed by atoms with Crippen LogP contribution in [0.1, 0.15) is 197 Å². The smallest absolute Gasteiger partial charge is 0.252 e. The van der Waals surface area contributed by atoms with Crippen LogP contribution in [0.3, 0.4) is 0 Å². The average Bonchev–Trinajstić information content (AvgIpc) is 0.668. The Balaban J connectivity index is 0.0000000963. The third-order valence-electron chi connectivity index (χ3n) is 40.1. The number of hydrogen-bond donors (Lipinski definition) is 0. The first-order valence-electron chi connectivity index (χ1n) is 53.8. The summed E-state index contributed by atoms with van der Waals surface area (Å²) in [5, 5.41) is 0. The molecule has 36 rings (SSSR count). The van der Waals surface area contributed by atoms with E-state index in [1.54, 1.807) is 33.4 Å². The van der Waals surface area contributed by atoms with Crippen LogP contribution in [0.15, 0.2) is 309 Å². The minimum atomic E-state index is 0.117. The van der Waals surface area contributed by atoms with E-state index in [1.165, 1.54) is 281 Å². The van der Waals surface area contributed by atoms with E-state index in [0.717, 1.165) is 83.9 Å². The molecule has 12 fully saturated rings. The maximum Gasteiger partial charge on any atom is 0.252 e. The first-order chi connectivity index (χ1) is 68.4. The summed E-state index contributed by atoms with van der Waals surface area (Å²) in [6, 6.07) is 121. The lowest BCUT2D eigenvalue weighted by Gasteiger charge is -2.64. The van der Waals surface area contributed by atoms with Gasteiger partial charge in [0.2, 0.25) is 0 Å². The monoisotopic (exact) mass is 1800 g/mol. The van der Waals surface area contributed by atoms with Crippen molar-refractivity contribution in [3.05, 3.63) is 376 Å². The summed E-state index contributed by atoms with van der Waals surface area (Å²) in [7, 11) is 0. The van der Waals surface area contributed by atoms with Crippen LogP contribution >= 0.6 is 0 Å². The van der Waals surface area contributed by atoms with E-state index in [2.05, 4.69) is 387 Å². The van der Waals surface area contributed by atoms with Crippen molar-refractivity contribution >= 4 is 172 Å². The quantitative estimate of drug-likeness (QED) is 0.153. The van der Waals surface area contributed by atoms with Crippen LogP contribution in [0.4, 0.5) is 102 Å². The van der Waals surface area contributed by atoms with Gasteiger partial charge in [-0.25, -0.2) is 0 Å². The molecule has 6 nitrogen and oxygen atoms in total. The van der Waals surface area contributed by atoms with E-state index in [9.17, 15) is 0 Å². The SMILES string of the molecule is CCc1ccc2c(c1)B1c3cccc4c3N(c3ccccc3C43C4CC5CC(C4)CC3C5)c3cccc(c31)N2c1ccccc1C.CCc1ccc2c(c1)N(c1ccccc1C)c1cccc3c1B2c1cccc2c1N3c1ccccc1C21C2CC3CC(C2)CC1C3.Cc1ccccc1N1c2ccc(C(C)C)cc2B2c3cccc4c3N(c3ccccc3C43C4CC5CC(C4)CC3C5)c3cccc1c32. The molecule has 0 unspecified atom stereocenters. The van der Waals surface area contributed by atoms with Gasteiger partial charge in [0, 0.05) is 102 Å². The highest BCUT2D eigenvalue weighted by Gasteiger charge is 2.67. The molecule has 21 aliphatic rings. The summed E-state index contributed by atoms with van der Waals surface area (Å²) in [4.78, 5) is 15.8. The van der Waals surface area contributed by atoms with Gasteiger partial charge in [-0.3, -0.25) is 0 Å². The number of hydrogen-bond acceptors (Lipinski definition) is 6.